The molecule has 0 aliphatic rings. The highest BCUT2D eigenvalue weighted by atomic mass is 16.7. The summed E-state index contributed by atoms with van der Waals surface area (Å²) in [6.45, 7) is 4.95. The maximum Gasteiger partial charge on any atom is 0.361 e. The minimum atomic E-state index is -1.51. The molecule has 0 heterocycles. The van der Waals surface area contributed by atoms with Gasteiger partial charge >= 0.3 is 17.9 Å². The van der Waals surface area contributed by atoms with Gasteiger partial charge in [-0.25, -0.2) is 4.79 Å². The molecular weight excluding hydrogens is 1110 g/mol. The number of nitrogens with zero attached hydrogens (tertiary/aromatic N) is 1. The summed E-state index contributed by atoms with van der Waals surface area (Å²) in [7, 11) is 6.00. The zero-order valence-electron chi connectivity index (χ0n) is 60.8. The van der Waals surface area contributed by atoms with E-state index in [0.29, 0.717) is 17.4 Å². The Hall–Kier alpha value is -2.49. The number of carbonyl (C=O) groups excluding carboxylic acids is 2. The molecule has 1 N–H and O–H groups in total. The molecule has 0 spiro atoms. The smallest absolute Gasteiger partial charge is 0.361 e. The van der Waals surface area contributed by atoms with E-state index in [2.05, 4.69) is 50.3 Å². The van der Waals surface area contributed by atoms with Crippen LogP contribution in [-0.4, -0.2) is 87.4 Å². The molecule has 0 saturated carbocycles. The fourth-order valence-corrected chi connectivity index (χ4v) is 12.1. The molecule has 90 heavy (non-hydrogen) atoms. The third-order valence-corrected chi connectivity index (χ3v) is 18.1. The molecule has 530 valence electrons. The van der Waals surface area contributed by atoms with E-state index >= 15 is 0 Å². The number of carboxylic acids is 1. The lowest BCUT2D eigenvalue weighted by Crippen LogP contribution is -2.40. The van der Waals surface area contributed by atoms with Crippen molar-refractivity contribution in [2.75, 3.05) is 47.5 Å². The van der Waals surface area contributed by atoms with Crippen molar-refractivity contribution in [3.05, 3.63) is 36.5 Å². The first kappa shape index (κ1) is 87.5. The van der Waals surface area contributed by atoms with Crippen molar-refractivity contribution < 1.29 is 42.9 Å². The van der Waals surface area contributed by atoms with E-state index in [1.165, 1.54) is 327 Å². The van der Waals surface area contributed by atoms with Gasteiger partial charge in [-0.15, -0.1) is 0 Å². The molecule has 9 nitrogen and oxygen atoms in total. The van der Waals surface area contributed by atoms with Crippen molar-refractivity contribution in [3.63, 3.8) is 0 Å². The molecule has 0 bridgehead atoms. The normalized spacial score (nSPS) is 12.8. The Morgan fingerprint density at radius 1 is 0.333 bits per heavy atom. The summed E-state index contributed by atoms with van der Waals surface area (Å²) < 4.78 is 23.1. The van der Waals surface area contributed by atoms with Gasteiger partial charge in [0.15, 0.2) is 6.10 Å². The molecule has 0 fully saturated rings. The monoisotopic (exact) mass is 1270 g/mol. The van der Waals surface area contributed by atoms with Gasteiger partial charge in [0.25, 0.3) is 6.29 Å². The molecule has 0 radical (unpaired) electrons. The number of ether oxygens (including phenoxy) is 4. The van der Waals surface area contributed by atoms with Crippen LogP contribution in [0.25, 0.3) is 0 Å². The van der Waals surface area contributed by atoms with Gasteiger partial charge in [-0.3, -0.25) is 9.59 Å². The van der Waals surface area contributed by atoms with Crippen LogP contribution in [0, 0.1) is 0 Å². The summed E-state index contributed by atoms with van der Waals surface area (Å²) >= 11 is 0. The van der Waals surface area contributed by atoms with Crippen molar-refractivity contribution in [2.45, 2.75) is 418 Å². The van der Waals surface area contributed by atoms with E-state index in [-0.39, 0.29) is 38.2 Å². The highest BCUT2D eigenvalue weighted by molar-refractivity contribution is 5.71. The second-order valence-corrected chi connectivity index (χ2v) is 28.4. The number of carboxylic acid groups (broad SMARTS) is 1. The average Bonchev–Trinajstić information content (AvgIpc) is 3.74. The van der Waals surface area contributed by atoms with Gasteiger partial charge in [0.2, 0.25) is 0 Å². The second kappa shape index (κ2) is 72.3. The molecule has 0 amide bonds. The molecule has 0 aromatic heterocycles. The lowest BCUT2D eigenvalue weighted by molar-refractivity contribution is -0.870. The van der Waals surface area contributed by atoms with Gasteiger partial charge in [0.05, 0.1) is 34.4 Å². The number of esters is 2. The van der Waals surface area contributed by atoms with E-state index in [9.17, 15) is 19.5 Å². The quantitative estimate of drug-likeness (QED) is 0.0211. The maximum atomic E-state index is 13.0. The SMILES string of the molecule is CCCCCCC/C=C\C/C=C\C/C=C\CCCCCCCCCCCCCCCCCCCCCCCCC(=O)OC(COC(=O)CCCCCCCCCCCCCCCCCCCCCCCCCCCCCC)COC(OCC[N+](C)(C)C)C(=O)O. The molecule has 0 saturated heterocycles. The number of rotatable bonds is 75. The van der Waals surface area contributed by atoms with Crippen molar-refractivity contribution in [1.29, 1.82) is 0 Å². The van der Waals surface area contributed by atoms with E-state index in [1.54, 1.807) is 0 Å². The summed E-state index contributed by atoms with van der Waals surface area (Å²) in [6.07, 6.45) is 90.1. The van der Waals surface area contributed by atoms with Gasteiger partial charge in [-0.2, -0.15) is 0 Å². The number of aliphatic carboxylic acids is 1. The van der Waals surface area contributed by atoms with Crippen LogP contribution in [0.1, 0.15) is 406 Å². The predicted octanol–water partition coefficient (Wildman–Crippen LogP) is 25.1. The maximum absolute atomic E-state index is 13.0. The molecule has 0 aromatic rings. The number of hydrogen-bond acceptors (Lipinski definition) is 7. The first-order chi connectivity index (χ1) is 44.1. The summed E-state index contributed by atoms with van der Waals surface area (Å²) in [5.41, 5.74) is 0. The molecule has 0 aromatic carbocycles. The molecule has 0 aliphatic heterocycles. The molecular formula is C81H154NO8+. The third-order valence-electron chi connectivity index (χ3n) is 18.1. The van der Waals surface area contributed by atoms with Crippen molar-refractivity contribution in [3.8, 4) is 0 Å². The van der Waals surface area contributed by atoms with Gasteiger partial charge in [-0.1, -0.05) is 378 Å². The van der Waals surface area contributed by atoms with Gasteiger partial charge < -0.3 is 28.5 Å². The van der Waals surface area contributed by atoms with E-state index in [0.717, 1.165) is 51.4 Å². The summed E-state index contributed by atoms with van der Waals surface area (Å²) in [5.74, 6) is -1.97. The standard InChI is InChI=1S/C81H153NO8/c1-6-8-10-12-14-16-18-20-22-24-26-28-30-32-34-36-37-38-39-40-41-42-43-44-46-48-50-52-54-56-58-60-62-64-66-68-70-72-79(84)90-77(76-89-81(80(85)86)87-74-73-82(3,4)5)75-88-78(83)71-69-67-65-63-61-59-57-55-53-51-49-47-45-35-33-31-29-27-25-23-21-19-17-15-13-11-9-7-2/h18,20,24,26,30,32,77,81H,6-17,19,21-23,25,27-29,31,33-76H2,1-5H3/p+1/b20-18-,26-24-,32-30-. The highest BCUT2D eigenvalue weighted by Gasteiger charge is 2.25. The Labute approximate surface area is 560 Å². The van der Waals surface area contributed by atoms with Crippen LogP contribution in [0.15, 0.2) is 36.5 Å². The van der Waals surface area contributed by atoms with E-state index in [4.69, 9.17) is 18.9 Å². The van der Waals surface area contributed by atoms with Gasteiger partial charge in [0, 0.05) is 12.8 Å². The number of quaternary nitrogens is 1. The van der Waals surface area contributed by atoms with E-state index < -0.39 is 18.4 Å². The highest BCUT2D eigenvalue weighted by Crippen LogP contribution is 2.20. The van der Waals surface area contributed by atoms with Gasteiger partial charge in [0.1, 0.15) is 13.2 Å². The lowest BCUT2D eigenvalue weighted by atomic mass is 10.0. The van der Waals surface area contributed by atoms with Gasteiger partial charge in [-0.05, 0) is 51.4 Å². The number of carbonyl (C=O) groups is 3. The van der Waals surface area contributed by atoms with Crippen LogP contribution in [0.2, 0.25) is 0 Å². The first-order valence-corrected chi connectivity index (χ1v) is 39.7. The number of allylic oxidation sites excluding steroid dienone is 6. The zero-order chi connectivity index (χ0) is 65.4. The lowest BCUT2D eigenvalue weighted by Gasteiger charge is -2.25. The largest absolute Gasteiger partial charge is 0.477 e. The summed E-state index contributed by atoms with van der Waals surface area (Å²) in [4.78, 5) is 37.7. The topological polar surface area (TPSA) is 108 Å². The molecule has 2 unspecified atom stereocenters. The Kier molecular flexibility index (Phi) is 70.3. The number of likely N-dealkylation sites (N-methyl/N-ethyl adjacent to an activating group) is 1. The van der Waals surface area contributed by atoms with Crippen LogP contribution >= 0.6 is 0 Å². The summed E-state index contributed by atoms with van der Waals surface area (Å²) in [6, 6.07) is 0. The Bertz CT molecular complexity index is 1570. The van der Waals surface area contributed by atoms with Crippen molar-refractivity contribution in [1.82, 2.24) is 0 Å². The Morgan fingerprint density at radius 2 is 0.600 bits per heavy atom. The third kappa shape index (κ3) is 72.9. The van der Waals surface area contributed by atoms with Crippen molar-refractivity contribution in [2.24, 2.45) is 0 Å². The predicted molar refractivity (Wildman–Crippen MR) is 387 cm³/mol. The number of hydrogen-bond donors (Lipinski definition) is 1. The van der Waals surface area contributed by atoms with Crippen molar-refractivity contribution >= 4 is 17.9 Å². The fraction of sp³-hybridized carbons (Fsp3) is 0.889. The second-order valence-electron chi connectivity index (χ2n) is 28.4. The zero-order valence-corrected chi connectivity index (χ0v) is 60.8. The van der Waals surface area contributed by atoms with Crippen LogP contribution in [-0.2, 0) is 33.3 Å². The summed E-state index contributed by atoms with van der Waals surface area (Å²) in [5, 5.41) is 9.77. The van der Waals surface area contributed by atoms with Crippen LogP contribution in [0.4, 0.5) is 0 Å². The average molecular weight is 1270 g/mol. The molecule has 0 rings (SSSR count). The fourth-order valence-electron chi connectivity index (χ4n) is 12.1. The van der Waals surface area contributed by atoms with Crippen LogP contribution in [0.5, 0.6) is 0 Å². The minimum absolute atomic E-state index is 0.174. The van der Waals surface area contributed by atoms with E-state index in [1.807, 2.05) is 21.1 Å². The molecule has 9 heteroatoms. The Balaban J connectivity index is 3.97. The van der Waals surface area contributed by atoms with Crippen LogP contribution < -0.4 is 0 Å². The Morgan fingerprint density at radius 3 is 0.889 bits per heavy atom. The number of unbranched alkanes of at least 4 members (excludes halogenated alkanes) is 54. The first-order valence-electron chi connectivity index (χ1n) is 39.7. The van der Waals surface area contributed by atoms with Crippen LogP contribution in [0.3, 0.4) is 0 Å². The minimum Gasteiger partial charge on any atom is -0.477 e. The molecule has 0 aliphatic carbocycles. The molecule has 2 atom stereocenters.